The fourth-order valence-corrected chi connectivity index (χ4v) is 1.97. The molecule has 0 radical (unpaired) electrons. The van der Waals surface area contributed by atoms with Gasteiger partial charge in [0.15, 0.2) is 0 Å². The van der Waals surface area contributed by atoms with Gasteiger partial charge in [-0.25, -0.2) is 4.98 Å². The Morgan fingerprint density at radius 3 is 2.88 bits per heavy atom. The van der Waals surface area contributed by atoms with Gasteiger partial charge in [-0.2, -0.15) is 13.2 Å². The number of rotatable bonds is 7. The summed E-state index contributed by atoms with van der Waals surface area (Å²) in [5.41, 5.74) is 0. The van der Waals surface area contributed by atoms with Crippen molar-refractivity contribution in [3.05, 3.63) is 16.1 Å². The van der Waals surface area contributed by atoms with Crippen molar-refractivity contribution in [1.82, 2.24) is 10.3 Å². The van der Waals surface area contributed by atoms with Gasteiger partial charge in [0.2, 0.25) is 0 Å². The molecule has 0 bridgehead atoms. The van der Waals surface area contributed by atoms with Crippen molar-refractivity contribution in [3.8, 4) is 0 Å². The lowest BCUT2D eigenvalue weighted by Crippen LogP contribution is -2.16. The highest BCUT2D eigenvalue weighted by molar-refractivity contribution is 7.11. The molecule has 1 heterocycles. The second kappa shape index (κ2) is 6.93. The molecule has 0 aliphatic carbocycles. The third kappa shape index (κ3) is 6.60. The Labute approximate surface area is 102 Å². The Hall–Kier alpha value is -0.660. The largest absolute Gasteiger partial charge is 0.411 e. The van der Waals surface area contributed by atoms with Crippen molar-refractivity contribution in [2.45, 2.75) is 32.7 Å². The molecule has 17 heavy (non-hydrogen) atoms. The van der Waals surface area contributed by atoms with Crippen LogP contribution < -0.4 is 5.32 Å². The summed E-state index contributed by atoms with van der Waals surface area (Å²) in [5, 5.41) is 3.77. The predicted octanol–water partition coefficient (Wildman–Crippen LogP) is 2.72. The van der Waals surface area contributed by atoms with Crippen LogP contribution in [0.25, 0.3) is 0 Å². The maximum atomic E-state index is 11.8. The molecule has 0 atom stereocenters. The number of halogens is 3. The van der Waals surface area contributed by atoms with Crippen molar-refractivity contribution < 1.29 is 17.9 Å². The van der Waals surface area contributed by atoms with E-state index in [1.807, 2.05) is 0 Å². The van der Waals surface area contributed by atoms with Crippen LogP contribution in [0.4, 0.5) is 13.2 Å². The van der Waals surface area contributed by atoms with E-state index in [1.54, 1.807) is 6.20 Å². The van der Waals surface area contributed by atoms with E-state index in [9.17, 15) is 13.2 Å². The van der Waals surface area contributed by atoms with Crippen molar-refractivity contribution in [2.24, 2.45) is 0 Å². The zero-order valence-electron chi connectivity index (χ0n) is 9.51. The monoisotopic (exact) mass is 268 g/mol. The minimum absolute atomic E-state index is 0.0854. The lowest BCUT2D eigenvalue weighted by atomic mass is 10.4. The summed E-state index contributed by atoms with van der Waals surface area (Å²) >= 11 is 1.37. The van der Waals surface area contributed by atoms with Crippen molar-refractivity contribution in [3.63, 3.8) is 0 Å². The normalized spacial score (nSPS) is 12.0. The van der Waals surface area contributed by atoms with Gasteiger partial charge >= 0.3 is 6.18 Å². The third-order valence-electron chi connectivity index (χ3n) is 1.82. The second-order valence-corrected chi connectivity index (χ2v) is 4.70. The van der Waals surface area contributed by atoms with E-state index in [0.717, 1.165) is 17.8 Å². The first-order valence-electron chi connectivity index (χ1n) is 5.30. The zero-order valence-corrected chi connectivity index (χ0v) is 10.3. The fourth-order valence-electron chi connectivity index (χ4n) is 1.14. The Bertz CT molecular complexity index is 328. The number of aromatic nitrogens is 1. The number of nitrogens with one attached hydrogen (secondary N) is 1. The Morgan fingerprint density at radius 2 is 2.24 bits per heavy atom. The molecule has 0 aliphatic heterocycles. The molecular weight excluding hydrogens is 253 g/mol. The molecule has 1 aromatic rings. The smallest absolute Gasteiger partial charge is 0.365 e. The number of ether oxygens (including phenoxy) is 1. The summed E-state index contributed by atoms with van der Waals surface area (Å²) in [7, 11) is 0. The van der Waals surface area contributed by atoms with E-state index in [1.165, 1.54) is 11.3 Å². The molecule has 0 aliphatic rings. The van der Waals surface area contributed by atoms with Gasteiger partial charge in [-0.15, -0.1) is 11.3 Å². The average molecular weight is 268 g/mol. The van der Waals surface area contributed by atoms with Gasteiger partial charge in [0.1, 0.15) is 11.6 Å². The summed E-state index contributed by atoms with van der Waals surface area (Å²) in [4.78, 5) is 5.00. The van der Waals surface area contributed by atoms with E-state index < -0.39 is 12.8 Å². The minimum atomic E-state index is -4.28. The standard InChI is InChI=1S/C10H15F3N2OS/c1-2-3-14-4-8-5-15-9(17-8)6-16-7-10(11,12)13/h5,14H,2-4,6-7H2,1H3. The minimum Gasteiger partial charge on any atom is -0.365 e. The van der Waals surface area contributed by atoms with Crippen LogP contribution in [0, 0.1) is 0 Å². The van der Waals surface area contributed by atoms with E-state index in [4.69, 9.17) is 0 Å². The number of hydrogen-bond acceptors (Lipinski definition) is 4. The van der Waals surface area contributed by atoms with E-state index in [-0.39, 0.29) is 6.61 Å². The van der Waals surface area contributed by atoms with Crippen LogP contribution in [0.3, 0.4) is 0 Å². The van der Waals surface area contributed by atoms with Gasteiger partial charge in [-0.05, 0) is 13.0 Å². The molecule has 0 saturated heterocycles. The fraction of sp³-hybridized carbons (Fsp3) is 0.700. The van der Waals surface area contributed by atoms with E-state index in [0.29, 0.717) is 11.6 Å². The zero-order chi connectivity index (χ0) is 12.7. The van der Waals surface area contributed by atoms with Gasteiger partial charge in [0.25, 0.3) is 0 Å². The molecule has 0 spiro atoms. The Balaban J connectivity index is 2.26. The Kier molecular flexibility index (Phi) is 5.87. The molecule has 1 aromatic heterocycles. The van der Waals surface area contributed by atoms with Crippen molar-refractivity contribution in [1.29, 1.82) is 0 Å². The lowest BCUT2D eigenvalue weighted by molar-refractivity contribution is -0.176. The van der Waals surface area contributed by atoms with Crippen LogP contribution in [-0.2, 0) is 17.9 Å². The summed E-state index contributed by atoms with van der Waals surface area (Å²) in [5.74, 6) is 0. The molecule has 0 saturated carbocycles. The van der Waals surface area contributed by atoms with Crippen molar-refractivity contribution in [2.75, 3.05) is 13.2 Å². The molecule has 98 valence electrons. The molecule has 0 amide bonds. The molecule has 0 aromatic carbocycles. The molecule has 7 heteroatoms. The van der Waals surface area contributed by atoms with Crippen LogP contribution >= 0.6 is 11.3 Å². The molecule has 3 nitrogen and oxygen atoms in total. The van der Waals surface area contributed by atoms with Crippen LogP contribution in [0.1, 0.15) is 23.2 Å². The first kappa shape index (κ1) is 14.4. The van der Waals surface area contributed by atoms with Crippen LogP contribution in [-0.4, -0.2) is 24.3 Å². The second-order valence-electron chi connectivity index (χ2n) is 3.51. The Morgan fingerprint density at radius 1 is 1.47 bits per heavy atom. The number of hydrogen-bond donors (Lipinski definition) is 1. The summed E-state index contributed by atoms with van der Waals surface area (Å²) < 4.78 is 40.0. The van der Waals surface area contributed by atoms with Crippen LogP contribution in [0.2, 0.25) is 0 Å². The summed E-state index contributed by atoms with van der Waals surface area (Å²) in [6.07, 6.45) is -1.57. The third-order valence-corrected chi connectivity index (χ3v) is 2.79. The molecule has 0 fully saturated rings. The highest BCUT2D eigenvalue weighted by Gasteiger charge is 2.27. The van der Waals surface area contributed by atoms with Gasteiger partial charge in [0, 0.05) is 17.6 Å². The first-order valence-corrected chi connectivity index (χ1v) is 6.11. The van der Waals surface area contributed by atoms with Crippen molar-refractivity contribution >= 4 is 11.3 Å². The van der Waals surface area contributed by atoms with Gasteiger partial charge < -0.3 is 10.1 Å². The van der Waals surface area contributed by atoms with Gasteiger partial charge in [0.05, 0.1) is 6.61 Å². The topological polar surface area (TPSA) is 34.2 Å². The predicted molar refractivity (Wildman–Crippen MR) is 59.8 cm³/mol. The highest BCUT2D eigenvalue weighted by Crippen LogP contribution is 2.17. The van der Waals surface area contributed by atoms with E-state index in [2.05, 4.69) is 22.0 Å². The van der Waals surface area contributed by atoms with Crippen LogP contribution in [0.5, 0.6) is 0 Å². The maximum absolute atomic E-state index is 11.8. The quantitative estimate of drug-likeness (QED) is 0.772. The number of thiazole rings is 1. The lowest BCUT2D eigenvalue weighted by Gasteiger charge is -2.05. The SMILES string of the molecule is CCCNCc1cnc(COCC(F)(F)F)s1. The van der Waals surface area contributed by atoms with E-state index >= 15 is 0 Å². The first-order chi connectivity index (χ1) is 8.01. The molecular formula is C10H15F3N2OS. The average Bonchev–Trinajstić information content (AvgIpc) is 2.64. The summed E-state index contributed by atoms with van der Waals surface area (Å²) in [6, 6.07) is 0. The highest BCUT2D eigenvalue weighted by atomic mass is 32.1. The number of nitrogens with zero attached hydrogens (tertiary/aromatic N) is 1. The van der Waals surface area contributed by atoms with Gasteiger partial charge in [-0.1, -0.05) is 6.92 Å². The van der Waals surface area contributed by atoms with Crippen LogP contribution in [0.15, 0.2) is 6.20 Å². The number of alkyl halides is 3. The maximum Gasteiger partial charge on any atom is 0.411 e. The summed E-state index contributed by atoms with van der Waals surface area (Å²) in [6.45, 7) is 2.37. The molecule has 0 unspecified atom stereocenters. The van der Waals surface area contributed by atoms with Gasteiger partial charge in [-0.3, -0.25) is 0 Å². The molecule has 1 rings (SSSR count). The molecule has 1 N–H and O–H groups in total.